The predicted octanol–water partition coefficient (Wildman–Crippen LogP) is 10.1. The van der Waals surface area contributed by atoms with Gasteiger partial charge in [0.1, 0.15) is 0 Å². The summed E-state index contributed by atoms with van der Waals surface area (Å²) in [4.78, 5) is 0. The normalized spacial score (nSPS) is 9.59. The molecule has 0 aliphatic heterocycles. The van der Waals surface area contributed by atoms with Gasteiger partial charge in [-0.3, -0.25) is 0 Å². The highest BCUT2D eigenvalue weighted by atomic mass is 32.1. The Labute approximate surface area is 191 Å². The van der Waals surface area contributed by atoms with E-state index >= 15 is 0 Å². The van der Waals surface area contributed by atoms with E-state index in [1.807, 2.05) is 47.7 Å². The number of aryl methyl sites for hydroxylation is 1. The van der Waals surface area contributed by atoms with Crippen molar-refractivity contribution < 1.29 is 0 Å². The molecule has 1 nitrogen and oxygen atoms in total. The van der Waals surface area contributed by atoms with Gasteiger partial charge in [0.05, 0.1) is 0 Å². The third kappa shape index (κ3) is 29.4. The molecular weight excluding hydrogens is 370 g/mol. The van der Waals surface area contributed by atoms with E-state index in [9.17, 15) is 0 Å². The van der Waals surface area contributed by atoms with Crippen LogP contribution in [-0.4, -0.2) is 12.4 Å². The van der Waals surface area contributed by atoms with E-state index in [2.05, 4.69) is 63.4 Å². The summed E-state index contributed by atoms with van der Waals surface area (Å²) in [6, 6.07) is 8.36. The van der Waals surface area contributed by atoms with Crippen molar-refractivity contribution in [3.63, 3.8) is 0 Å². The van der Waals surface area contributed by atoms with E-state index in [-0.39, 0.29) is 0 Å². The first-order chi connectivity index (χ1) is 14.1. The molecular formula is C27H55NS. The molecule has 1 atom stereocenters. The minimum Gasteiger partial charge on any atom is -0.388 e. The Morgan fingerprint density at radius 3 is 1.76 bits per heavy atom. The van der Waals surface area contributed by atoms with E-state index < -0.39 is 0 Å². The molecule has 0 bridgehead atoms. The minimum absolute atomic E-state index is 0.974. The first-order valence-corrected chi connectivity index (χ1v) is 12.7. The van der Waals surface area contributed by atoms with Crippen LogP contribution < -0.4 is 5.32 Å². The van der Waals surface area contributed by atoms with Crippen LogP contribution in [0.3, 0.4) is 0 Å². The van der Waals surface area contributed by atoms with Crippen LogP contribution in [0.25, 0.3) is 0 Å². The lowest BCUT2D eigenvalue weighted by molar-refractivity contribution is 0.445. The number of nitrogens with one attached hydrogen (secondary N) is 1. The van der Waals surface area contributed by atoms with Gasteiger partial charge in [0.2, 0.25) is 0 Å². The van der Waals surface area contributed by atoms with Crippen LogP contribution >= 0.6 is 12.2 Å². The molecule has 0 saturated heterocycles. The summed E-state index contributed by atoms with van der Waals surface area (Å²) in [6.45, 7) is 18.9. The van der Waals surface area contributed by atoms with Crippen molar-refractivity contribution in [2.24, 2.45) is 5.92 Å². The van der Waals surface area contributed by atoms with Crippen LogP contribution in [0.2, 0.25) is 0 Å². The van der Waals surface area contributed by atoms with Gasteiger partial charge in [-0.15, -0.1) is 0 Å². The van der Waals surface area contributed by atoms with E-state index in [1.54, 1.807) is 5.37 Å². The van der Waals surface area contributed by atoms with Gasteiger partial charge >= 0.3 is 0 Å². The summed E-state index contributed by atoms with van der Waals surface area (Å²) in [5, 5.41) is 4.73. The summed E-state index contributed by atoms with van der Waals surface area (Å²) < 4.78 is 0. The van der Waals surface area contributed by atoms with Crippen molar-refractivity contribution in [1.82, 2.24) is 0 Å². The summed E-state index contributed by atoms with van der Waals surface area (Å²) in [5.74, 6) is 0.974. The average Bonchev–Trinajstić information content (AvgIpc) is 2.79. The zero-order valence-electron chi connectivity index (χ0n) is 21.7. The fraction of sp³-hybridized carbons (Fsp3) is 0.741. The van der Waals surface area contributed by atoms with Crippen LogP contribution in [0, 0.1) is 5.92 Å². The van der Waals surface area contributed by atoms with Crippen LogP contribution in [0.4, 0.5) is 5.69 Å². The number of para-hydroxylation sites is 1. The van der Waals surface area contributed by atoms with Gasteiger partial charge in [-0.2, -0.15) is 0 Å². The molecule has 0 heterocycles. The lowest BCUT2D eigenvalue weighted by Gasteiger charge is -2.09. The van der Waals surface area contributed by atoms with Gasteiger partial charge in [0.15, 0.2) is 0 Å². The maximum atomic E-state index is 4.27. The lowest BCUT2D eigenvalue weighted by atomic mass is 9.97. The number of hydrogen-bond donors (Lipinski definition) is 1. The van der Waals surface area contributed by atoms with Gasteiger partial charge in [0.25, 0.3) is 0 Å². The Balaban J connectivity index is -0.000000166. The lowest BCUT2D eigenvalue weighted by Crippen LogP contribution is -1.94. The van der Waals surface area contributed by atoms with Gasteiger partial charge in [-0.1, -0.05) is 137 Å². The molecule has 1 unspecified atom stereocenters. The van der Waals surface area contributed by atoms with Gasteiger partial charge < -0.3 is 5.32 Å². The minimum atomic E-state index is 0.974. The molecule has 29 heavy (non-hydrogen) atoms. The summed E-state index contributed by atoms with van der Waals surface area (Å²) in [5.41, 5.74) is 2.62. The first kappa shape index (κ1) is 35.5. The molecule has 0 radical (unpaired) electrons. The molecule has 1 aromatic rings. The molecule has 2 heteroatoms. The third-order valence-corrected chi connectivity index (χ3v) is 4.27. The maximum Gasteiger partial charge on any atom is 0.0370 e. The van der Waals surface area contributed by atoms with Crippen LogP contribution in [0.5, 0.6) is 0 Å². The van der Waals surface area contributed by atoms with E-state index in [4.69, 9.17) is 0 Å². The van der Waals surface area contributed by atoms with Gasteiger partial charge in [0, 0.05) is 12.7 Å². The molecule has 1 aromatic carbocycles. The Kier molecular flexibility index (Phi) is 42.4. The molecule has 0 saturated carbocycles. The molecule has 0 aromatic heterocycles. The van der Waals surface area contributed by atoms with Crippen molar-refractivity contribution >= 4 is 23.3 Å². The highest BCUT2D eigenvalue weighted by Crippen LogP contribution is 2.16. The number of anilines is 1. The largest absolute Gasteiger partial charge is 0.388 e. The molecule has 1 N–H and O–H groups in total. The molecule has 0 aliphatic rings. The number of benzene rings is 1. The highest BCUT2D eigenvalue weighted by Gasteiger charge is 2.00. The second-order valence-corrected chi connectivity index (χ2v) is 7.06. The Morgan fingerprint density at radius 2 is 1.34 bits per heavy atom. The Morgan fingerprint density at radius 1 is 0.862 bits per heavy atom. The molecule has 0 amide bonds. The summed E-state index contributed by atoms with van der Waals surface area (Å²) in [7, 11) is 1.95. The van der Waals surface area contributed by atoms with Crippen LogP contribution in [-0.2, 0) is 6.42 Å². The average molecular weight is 426 g/mol. The van der Waals surface area contributed by atoms with Crippen molar-refractivity contribution in [3.05, 3.63) is 29.8 Å². The zero-order chi connectivity index (χ0) is 23.3. The molecule has 1 rings (SSSR count). The van der Waals surface area contributed by atoms with Crippen molar-refractivity contribution in [1.29, 1.82) is 0 Å². The second kappa shape index (κ2) is 34.6. The van der Waals surface area contributed by atoms with E-state index in [1.165, 1.54) is 62.6 Å². The van der Waals surface area contributed by atoms with Crippen molar-refractivity contribution in [2.45, 2.75) is 120 Å². The molecule has 0 fully saturated rings. The fourth-order valence-electron chi connectivity index (χ4n) is 2.69. The second-order valence-electron chi connectivity index (χ2n) is 6.59. The standard InChI is InChI=1S/C12H26.C9H13N.C2H4S.2C2H6/c1-4-6-8-9-11-12(3)10-7-5-2;1-3-8-6-4-5-7-9(8)10-2;1-2-3;2*1-2/h12H,4-11H2,1-3H3;4-7,10H,3H2,1-2H3;2H,1H3;2*1-2H3. The SMILES string of the molecule is CC.CC.CC=S.CCCCCCC(C)CCCC.CCc1ccccc1NC. The number of unbranched alkanes of at least 4 members (excludes halogenated alkanes) is 4. The number of hydrogen-bond acceptors (Lipinski definition) is 2. The zero-order valence-corrected chi connectivity index (χ0v) is 22.6. The monoisotopic (exact) mass is 425 g/mol. The van der Waals surface area contributed by atoms with Crippen molar-refractivity contribution in [2.75, 3.05) is 12.4 Å². The van der Waals surface area contributed by atoms with Crippen molar-refractivity contribution in [3.8, 4) is 0 Å². The predicted molar refractivity (Wildman–Crippen MR) is 145 cm³/mol. The fourth-order valence-corrected chi connectivity index (χ4v) is 2.69. The number of rotatable bonds is 10. The smallest absolute Gasteiger partial charge is 0.0370 e. The summed E-state index contributed by atoms with van der Waals surface area (Å²) >= 11 is 4.27. The summed E-state index contributed by atoms with van der Waals surface area (Å²) in [6.07, 6.45) is 12.5. The third-order valence-electron chi connectivity index (χ3n) is 4.27. The van der Waals surface area contributed by atoms with Gasteiger partial charge in [-0.25, -0.2) is 0 Å². The molecule has 174 valence electrons. The maximum absolute atomic E-state index is 4.27. The van der Waals surface area contributed by atoms with Gasteiger partial charge in [-0.05, 0) is 36.3 Å². The van der Waals surface area contributed by atoms with Crippen LogP contribution in [0.1, 0.15) is 119 Å². The Hall–Kier alpha value is -0.890. The number of thiocarbonyl (C=S) groups is 1. The molecule has 0 spiro atoms. The van der Waals surface area contributed by atoms with E-state index in [0.29, 0.717) is 0 Å². The van der Waals surface area contributed by atoms with E-state index in [0.717, 1.165) is 12.3 Å². The Bertz CT molecular complexity index is 367. The highest BCUT2D eigenvalue weighted by molar-refractivity contribution is 7.78. The topological polar surface area (TPSA) is 12.0 Å². The van der Waals surface area contributed by atoms with Crippen LogP contribution in [0.15, 0.2) is 24.3 Å². The quantitative estimate of drug-likeness (QED) is 0.295. The first-order valence-electron chi connectivity index (χ1n) is 12.3. The molecule has 0 aliphatic carbocycles.